The number of amides is 2. The Balaban J connectivity index is 1.45. The summed E-state index contributed by atoms with van der Waals surface area (Å²) in [6.07, 6.45) is -1.60. The molecule has 0 aliphatic carbocycles. The quantitative estimate of drug-likeness (QED) is 0.454. The molecule has 0 saturated heterocycles. The average molecular weight is 445 g/mol. The molecule has 1 aliphatic heterocycles. The molecule has 4 aromatic rings. The van der Waals surface area contributed by atoms with E-state index in [1.807, 2.05) is 30.3 Å². The molecule has 158 valence electrons. The highest BCUT2D eigenvalue weighted by Gasteiger charge is 2.41. The molecule has 1 atom stereocenters. The molecule has 1 aliphatic rings. The number of carbonyl (C=O) groups excluding carboxylic acids is 2. The fraction of sp³-hybridized carbons (Fsp3) is 0.0833. The SMILES string of the molecule is O=C(NCc1ccccc1)OC1c2ccccc2C(=O)N1c1ccc2ccc(Cl)nc2n1. The molecule has 1 N–H and O–H groups in total. The lowest BCUT2D eigenvalue weighted by molar-refractivity contribution is 0.0829. The van der Waals surface area contributed by atoms with Crippen LogP contribution in [0.25, 0.3) is 11.0 Å². The molecule has 0 spiro atoms. The molecular formula is C24H17ClN4O3. The molecular weight excluding hydrogens is 428 g/mol. The van der Waals surface area contributed by atoms with Gasteiger partial charge in [-0.05, 0) is 35.9 Å². The zero-order valence-electron chi connectivity index (χ0n) is 16.7. The minimum atomic E-state index is -0.960. The fourth-order valence-corrected chi connectivity index (χ4v) is 3.78. The number of ether oxygens (including phenoxy) is 1. The van der Waals surface area contributed by atoms with Gasteiger partial charge >= 0.3 is 6.09 Å². The highest BCUT2D eigenvalue weighted by atomic mass is 35.5. The number of benzene rings is 2. The highest BCUT2D eigenvalue weighted by Crippen LogP contribution is 2.38. The van der Waals surface area contributed by atoms with Crippen LogP contribution in [-0.4, -0.2) is 22.0 Å². The van der Waals surface area contributed by atoms with Crippen LogP contribution < -0.4 is 10.2 Å². The van der Waals surface area contributed by atoms with Gasteiger partial charge in [-0.1, -0.05) is 60.1 Å². The highest BCUT2D eigenvalue weighted by molar-refractivity contribution is 6.29. The van der Waals surface area contributed by atoms with E-state index in [0.29, 0.717) is 34.3 Å². The summed E-state index contributed by atoms with van der Waals surface area (Å²) in [6.45, 7) is 0.304. The number of nitrogens with zero attached hydrogens (tertiary/aromatic N) is 3. The van der Waals surface area contributed by atoms with Crippen LogP contribution in [-0.2, 0) is 11.3 Å². The molecule has 1 unspecified atom stereocenters. The van der Waals surface area contributed by atoms with E-state index in [4.69, 9.17) is 16.3 Å². The van der Waals surface area contributed by atoms with Gasteiger partial charge in [0, 0.05) is 23.1 Å². The molecule has 0 saturated carbocycles. The summed E-state index contributed by atoms with van der Waals surface area (Å²) in [7, 11) is 0. The number of nitrogens with one attached hydrogen (secondary N) is 1. The Kier molecular flexibility index (Phi) is 5.17. The Hall–Kier alpha value is -3.97. The third-order valence-corrected chi connectivity index (χ3v) is 5.37. The van der Waals surface area contributed by atoms with Crippen molar-refractivity contribution in [1.82, 2.24) is 15.3 Å². The predicted octanol–water partition coefficient (Wildman–Crippen LogP) is 4.87. The minimum absolute atomic E-state index is 0.297. The van der Waals surface area contributed by atoms with Crippen molar-refractivity contribution in [3.05, 3.63) is 101 Å². The maximum absolute atomic E-state index is 13.2. The van der Waals surface area contributed by atoms with Gasteiger partial charge in [-0.15, -0.1) is 0 Å². The van der Waals surface area contributed by atoms with Crippen LogP contribution >= 0.6 is 11.6 Å². The summed E-state index contributed by atoms with van der Waals surface area (Å²) < 4.78 is 5.70. The summed E-state index contributed by atoms with van der Waals surface area (Å²) in [4.78, 5) is 35.9. The van der Waals surface area contributed by atoms with Gasteiger partial charge in [0.05, 0.1) is 0 Å². The molecule has 7 nitrogen and oxygen atoms in total. The zero-order valence-corrected chi connectivity index (χ0v) is 17.5. The molecule has 3 heterocycles. The second-order valence-corrected chi connectivity index (χ2v) is 7.60. The third-order valence-electron chi connectivity index (χ3n) is 5.16. The standard InChI is InChI=1S/C24H17ClN4O3/c25-19-12-10-16-11-13-20(28-21(16)27-19)29-22(30)17-8-4-5-9-18(17)23(29)32-24(31)26-14-15-6-2-1-3-7-15/h1-13,23H,14H2,(H,26,31). The number of pyridine rings is 2. The van der Waals surface area contributed by atoms with Crippen molar-refractivity contribution in [3.63, 3.8) is 0 Å². The second-order valence-electron chi connectivity index (χ2n) is 7.21. The molecule has 0 bridgehead atoms. The third kappa shape index (κ3) is 3.74. The largest absolute Gasteiger partial charge is 0.420 e. The van der Waals surface area contributed by atoms with Crippen molar-refractivity contribution in [2.45, 2.75) is 12.8 Å². The Bertz CT molecular complexity index is 1330. The van der Waals surface area contributed by atoms with Crippen molar-refractivity contribution in [1.29, 1.82) is 0 Å². The number of hydrogen-bond donors (Lipinski definition) is 1. The monoisotopic (exact) mass is 444 g/mol. The first-order chi connectivity index (χ1) is 15.6. The second kappa shape index (κ2) is 8.28. The number of halogens is 1. The Morgan fingerprint density at radius 1 is 0.969 bits per heavy atom. The van der Waals surface area contributed by atoms with Crippen molar-refractivity contribution in [2.24, 2.45) is 0 Å². The lowest BCUT2D eigenvalue weighted by atomic mass is 10.1. The van der Waals surface area contributed by atoms with Crippen LogP contribution in [0.3, 0.4) is 0 Å². The minimum Gasteiger partial charge on any atom is -0.420 e. The molecule has 5 rings (SSSR count). The first-order valence-corrected chi connectivity index (χ1v) is 10.3. The van der Waals surface area contributed by atoms with Gasteiger partial charge in [0.15, 0.2) is 5.65 Å². The van der Waals surface area contributed by atoms with Gasteiger partial charge in [0.2, 0.25) is 6.23 Å². The summed E-state index contributed by atoms with van der Waals surface area (Å²) in [5.74, 6) is 0.00432. The number of rotatable bonds is 4. The number of fused-ring (bicyclic) bond motifs is 2. The van der Waals surface area contributed by atoms with Crippen molar-refractivity contribution in [3.8, 4) is 0 Å². The number of alkyl carbamates (subject to hydrolysis) is 1. The van der Waals surface area contributed by atoms with Crippen LogP contribution in [0.15, 0.2) is 78.9 Å². The summed E-state index contributed by atoms with van der Waals surface area (Å²) in [5.41, 5.74) is 2.37. The Morgan fingerprint density at radius 2 is 1.72 bits per heavy atom. The normalized spacial score (nSPS) is 15.0. The van der Waals surface area contributed by atoms with Crippen LogP contribution in [0, 0.1) is 0 Å². The van der Waals surface area contributed by atoms with Gasteiger partial charge in [-0.2, -0.15) is 0 Å². The van der Waals surface area contributed by atoms with Gasteiger partial charge < -0.3 is 10.1 Å². The van der Waals surface area contributed by atoms with Crippen molar-refractivity contribution >= 4 is 40.5 Å². The van der Waals surface area contributed by atoms with Crippen LogP contribution in [0.4, 0.5) is 10.6 Å². The number of carbonyl (C=O) groups is 2. The van der Waals surface area contributed by atoms with E-state index in [1.165, 1.54) is 4.90 Å². The van der Waals surface area contributed by atoms with Gasteiger partial charge in [-0.25, -0.2) is 14.8 Å². The maximum Gasteiger partial charge on any atom is 0.409 e. The van der Waals surface area contributed by atoms with Gasteiger partial charge in [0.1, 0.15) is 11.0 Å². The first-order valence-electron chi connectivity index (χ1n) is 9.94. The molecule has 0 fully saturated rings. The topological polar surface area (TPSA) is 84.4 Å². The van der Waals surface area contributed by atoms with Gasteiger partial charge in [0.25, 0.3) is 5.91 Å². The summed E-state index contributed by atoms with van der Waals surface area (Å²) in [6, 6.07) is 23.5. The molecule has 2 aromatic heterocycles. The van der Waals surface area contributed by atoms with Crippen molar-refractivity contribution < 1.29 is 14.3 Å². The fourth-order valence-electron chi connectivity index (χ4n) is 3.64. The van der Waals surface area contributed by atoms with Crippen LogP contribution in [0.5, 0.6) is 0 Å². The maximum atomic E-state index is 13.2. The first kappa shape index (κ1) is 20.0. The van der Waals surface area contributed by atoms with E-state index in [0.717, 1.165) is 10.9 Å². The van der Waals surface area contributed by atoms with Crippen molar-refractivity contribution in [2.75, 3.05) is 4.90 Å². The number of aromatic nitrogens is 2. The van der Waals surface area contributed by atoms with E-state index in [9.17, 15) is 9.59 Å². The molecule has 32 heavy (non-hydrogen) atoms. The van der Waals surface area contributed by atoms with E-state index in [-0.39, 0.29) is 5.91 Å². The molecule has 2 amide bonds. The summed E-state index contributed by atoms with van der Waals surface area (Å²) in [5, 5.41) is 3.81. The average Bonchev–Trinajstić information content (AvgIpc) is 3.09. The summed E-state index contributed by atoms with van der Waals surface area (Å²) >= 11 is 6.01. The predicted molar refractivity (Wildman–Crippen MR) is 120 cm³/mol. The smallest absolute Gasteiger partial charge is 0.409 e. The Labute approximate surface area is 188 Å². The number of hydrogen-bond acceptors (Lipinski definition) is 5. The molecule has 2 aromatic carbocycles. The van der Waals surface area contributed by atoms with E-state index < -0.39 is 12.3 Å². The number of anilines is 1. The lowest BCUT2D eigenvalue weighted by Gasteiger charge is -2.24. The lowest BCUT2D eigenvalue weighted by Crippen LogP contribution is -2.34. The van der Waals surface area contributed by atoms with E-state index in [1.54, 1.807) is 48.5 Å². The molecule has 0 radical (unpaired) electrons. The zero-order chi connectivity index (χ0) is 22.1. The van der Waals surface area contributed by atoms with Crippen LogP contribution in [0.1, 0.15) is 27.7 Å². The van der Waals surface area contributed by atoms with E-state index in [2.05, 4.69) is 15.3 Å². The van der Waals surface area contributed by atoms with Crippen LogP contribution in [0.2, 0.25) is 5.15 Å². The Morgan fingerprint density at radius 3 is 2.56 bits per heavy atom. The van der Waals surface area contributed by atoms with Gasteiger partial charge in [-0.3, -0.25) is 9.69 Å². The molecule has 8 heteroatoms. The van der Waals surface area contributed by atoms with E-state index >= 15 is 0 Å².